The predicted molar refractivity (Wildman–Crippen MR) is 70.0 cm³/mol. The maximum Gasteiger partial charge on any atom is 0.306 e. The summed E-state index contributed by atoms with van der Waals surface area (Å²) >= 11 is 0. The molecule has 2 rings (SSSR count). The average molecular weight is 249 g/mol. The first kappa shape index (κ1) is 12.9. The smallest absolute Gasteiger partial charge is 0.306 e. The monoisotopic (exact) mass is 249 g/mol. The number of nitrogens with zero attached hydrogens (tertiary/aromatic N) is 1. The van der Waals surface area contributed by atoms with Crippen molar-refractivity contribution >= 4 is 11.7 Å². The molecule has 1 aromatic rings. The first-order valence-electron chi connectivity index (χ1n) is 6.29. The van der Waals surface area contributed by atoms with Crippen LogP contribution in [0, 0.1) is 0 Å². The maximum absolute atomic E-state index is 10.5. The van der Waals surface area contributed by atoms with Crippen LogP contribution < -0.4 is 4.90 Å². The summed E-state index contributed by atoms with van der Waals surface area (Å²) < 4.78 is 0. The minimum Gasteiger partial charge on any atom is -0.481 e. The van der Waals surface area contributed by atoms with Crippen molar-refractivity contribution in [3.05, 3.63) is 29.3 Å². The van der Waals surface area contributed by atoms with Crippen molar-refractivity contribution < 1.29 is 15.0 Å². The van der Waals surface area contributed by atoms with Gasteiger partial charge in [0, 0.05) is 19.3 Å². The standard InChI is InChI=1S/C14H19NO3/c1-15(9-13(16)8-14(17)18)12-6-5-10-3-2-4-11(10)7-12/h5-7,13,16H,2-4,8-9H2,1H3,(H,17,18). The van der Waals surface area contributed by atoms with Crippen molar-refractivity contribution in [2.75, 3.05) is 18.5 Å². The predicted octanol–water partition coefficient (Wildman–Crippen LogP) is 1.45. The van der Waals surface area contributed by atoms with Gasteiger partial charge in [-0.25, -0.2) is 0 Å². The molecule has 0 spiro atoms. The van der Waals surface area contributed by atoms with Gasteiger partial charge in [0.2, 0.25) is 0 Å². The first-order chi connectivity index (χ1) is 8.56. The van der Waals surface area contributed by atoms with Crippen molar-refractivity contribution in [1.29, 1.82) is 0 Å². The van der Waals surface area contributed by atoms with Gasteiger partial charge < -0.3 is 15.1 Å². The van der Waals surface area contributed by atoms with E-state index in [1.807, 2.05) is 18.0 Å². The third-order valence-corrected chi connectivity index (χ3v) is 3.42. The number of anilines is 1. The molecule has 1 aliphatic carbocycles. The van der Waals surface area contributed by atoms with Gasteiger partial charge in [-0.15, -0.1) is 0 Å². The van der Waals surface area contributed by atoms with Crippen LogP contribution in [0.3, 0.4) is 0 Å². The van der Waals surface area contributed by atoms with Crippen LogP contribution in [-0.2, 0) is 17.6 Å². The molecule has 0 fully saturated rings. The number of rotatable bonds is 5. The highest BCUT2D eigenvalue weighted by Gasteiger charge is 2.15. The minimum atomic E-state index is -0.968. The Bertz CT molecular complexity index is 445. The molecule has 0 aliphatic heterocycles. The molecule has 0 saturated carbocycles. The van der Waals surface area contributed by atoms with Crippen LogP contribution in [0.2, 0.25) is 0 Å². The van der Waals surface area contributed by atoms with Crippen molar-refractivity contribution in [2.45, 2.75) is 31.8 Å². The highest BCUT2D eigenvalue weighted by Crippen LogP contribution is 2.26. The zero-order valence-corrected chi connectivity index (χ0v) is 10.6. The number of aliphatic hydroxyl groups excluding tert-OH is 1. The number of hydrogen-bond donors (Lipinski definition) is 2. The lowest BCUT2D eigenvalue weighted by atomic mass is 10.1. The molecule has 18 heavy (non-hydrogen) atoms. The van der Waals surface area contributed by atoms with Crippen LogP contribution >= 0.6 is 0 Å². The van der Waals surface area contributed by atoms with E-state index in [-0.39, 0.29) is 6.42 Å². The van der Waals surface area contributed by atoms with E-state index >= 15 is 0 Å². The molecular weight excluding hydrogens is 230 g/mol. The molecule has 1 aromatic carbocycles. The Labute approximate surface area is 107 Å². The normalized spacial score (nSPS) is 15.2. The number of aryl methyl sites for hydroxylation is 2. The molecular formula is C14H19NO3. The Morgan fingerprint density at radius 1 is 1.39 bits per heavy atom. The molecule has 4 nitrogen and oxygen atoms in total. The largest absolute Gasteiger partial charge is 0.481 e. The van der Waals surface area contributed by atoms with E-state index in [4.69, 9.17) is 5.11 Å². The van der Waals surface area contributed by atoms with E-state index in [1.54, 1.807) is 0 Å². The molecule has 1 unspecified atom stereocenters. The second-order valence-corrected chi connectivity index (χ2v) is 4.94. The molecule has 0 radical (unpaired) electrons. The number of carbonyl (C=O) groups is 1. The SMILES string of the molecule is CN(CC(O)CC(=O)O)c1ccc2c(c1)CCC2. The average Bonchev–Trinajstić information content (AvgIpc) is 2.74. The molecule has 98 valence electrons. The quantitative estimate of drug-likeness (QED) is 0.829. The number of likely N-dealkylation sites (N-methyl/N-ethyl adjacent to an activating group) is 1. The Morgan fingerprint density at radius 2 is 2.11 bits per heavy atom. The Balaban J connectivity index is 2.00. The van der Waals surface area contributed by atoms with E-state index in [1.165, 1.54) is 17.5 Å². The van der Waals surface area contributed by atoms with Crippen LogP contribution in [0.1, 0.15) is 24.0 Å². The van der Waals surface area contributed by atoms with E-state index in [0.717, 1.165) is 18.5 Å². The second-order valence-electron chi connectivity index (χ2n) is 4.94. The third kappa shape index (κ3) is 3.01. The van der Waals surface area contributed by atoms with E-state index in [0.29, 0.717) is 6.54 Å². The molecule has 2 N–H and O–H groups in total. The fourth-order valence-corrected chi connectivity index (χ4v) is 2.48. The lowest BCUT2D eigenvalue weighted by Gasteiger charge is -2.22. The minimum absolute atomic E-state index is 0.213. The summed E-state index contributed by atoms with van der Waals surface area (Å²) in [4.78, 5) is 12.4. The number of carboxylic acids is 1. The topological polar surface area (TPSA) is 60.8 Å². The van der Waals surface area contributed by atoms with E-state index in [9.17, 15) is 9.90 Å². The van der Waals surface area contributed by atoms with Gasteiger partial charge in [-0.1, -0.05) is 6.07 Å². The molecule has 1 aliphatic rings. The van der Waals surface area contributed by atoms with E-state index < -0.39 is 12.1 Å². The number of aliphatic carboxylic acids is 1. The van der Waals surface area contributed by atoms with Gasteiger partial charge in [0.15, 0.2) is 0 Å². The Morgan fingerprint density at radius 3 is 2.83 bits per heavy atom. The molecule has 0 aromatic heterocycles. The van der Waals surface area contributed by atoms with Gasteiger partial charge in [-0.05, 0) is 42.5 Å². The van der Waals surface area contributed by atoms with Gasteiger partial charge in [-0.3, -0.25) is 4.79 Å². The maximum atomic E-state index is 10.5. The van der Waals surface area contributed by atoms with E-state index in [2.05, 4.69) is 12.1 Å². The van der Waals surface area contributed by atoms with Crippen molar-refractivity contribution in [3.8, 4) is 0 Å². The molecule has 0 amide bonds. The van der Waals surface area contributed by atoms with Crippen molar-refractivity contribution in [3.63, 3.8) is 0 Å². The number of aliphatic hydroxyl groups is 1. The molecule has 4 heteroatoms. The van der Waals surface area contributed by atoms with Gasteiger partial charge in [0.05, 0.1) is 12.5 Å². The van der Waals surface area contributed by atoms with Gasteiger partial charge in [-0.2, -0.15) is 0 Å². The number of carboxylic acid groups (broad SMARTS) is 1. The number of hydrogen-bond acceptors (Lipinski definition) is 3. The Kier molecular flexibility index (Phi) is 3.87. The molecule has 0 heterocycles. The van der Waals surface area contributed by atoms with Crippen LogP contribution in [0.25, 0.3) is 0 Å². The zero-order valence-electron chi connectivity index (χ0n) is 10.6. The van der Waals surface area contributed by atoms with Gasteiger partial charge in [0.25, 0.3) is 0 Å². The summed E-state index contributed by atoms with van der Waals surface area (Å²) in [5.74, 6) is -0.968. The fourth-order valence-electron chi connectivity index (χ4n) is 2.48. The summed E-state index contributed by atoms with van der Waals surface area (Å²) in [5.41, 5.74) is 3.84. The zero-order chi connectivity index (χ0) is 13.1. The van der Waals surface area contributed by atoms with Crippen LogP contribution in [-0.4, -0.2) is 35.9 Å². The summed E-state index contributed by atoms with van der Waals surface area (Å²) in [5, 5.41) is 18.2. The van der Waals surface area contributed by atoms with Crippen LogP contribution in [0.15, 0.2) is 18.2 Å². The van der Waals surface area contributed by atoms with Crippen molar-refractivity contribution in [2.24, 2.45) is 0 Å². The summed E-state index contributed by atoms with van der Waals surface area (Å²) in [7, 11) is 1.88. The summed E-state index contributed by atoms with van der Waals surface area (Å²) in [6.07, 6.45) is 2.44. The van der Waals surface area contributed by atoms with Gasteiger partial charge >= 0.3 is 5.97 Å². The number of benzene rings is 1. The summed E-state index contributed by atoms with van der Waals surface area (Å²) in [6, 6.07) is 6.32. The third-order valence-electron chi connectivity index (χ3n) is 3.42. The van der Waals surface area contributed by atoms with Crippen LogP contribution in [0.4, 0.5) is 5.69 Å². The molecule has 0 bridgehead atoms. The second kappa shape index (κ2) is 5.40. The van der Waals surface area contributed by atoms with Crippen LogP contribution in [0.5, 0.6) is 0 Å². The highest BCUT2D eigenvalue weighted by molar-refractivity contribution is 5.67. The lowest BCUT2D eigenvalue weighted by Crippen LogP contribution is -2.30. The van der Waals surface area contributed by atoms with Crippen molar-refractivity contribution in [1.82, 2.24) is 0 Å². The highest BCUT2D eigenvalue weighted by atomic mass is 16.4. The fraction of sp³-hybridized carbons (Fsp3) is 0.500. The molecule has 1 atom stereocenters. The summed E-state index contributed by atoms with van der Waals surface area (Å²) in [6.45, 7) is 0.338. The molecule has 0 saturated heterocycles. The first-order valence-corrected chi connectivity index (χ1v) is 6.29. The number of fused-ring (bicyclic) bond motifs is 1. The lowest BCUT2D eigenvalue weighted by molar-refractivity contribution is -0.139. The Hall–Kier alpha value is -1.55. The van der Waals surface area contributed by atoms with Gasteiger partial charge in [0.1, 0.15) is 0 Å².